The van der Waals surface area contributed by atoms with Gasteiger partial charge in [-0.25, -0.2) is 8.42 Å². The van der Waals surface area contributed by atoms with Gasteiger partial charge in [0.1, 0.15) is 12.6 Å². The average molecular weight is 568 g/mol. The van der Waals surface area contributed by atoms with Gasteiger partial charge in [-0.2, -0.15) is 13.2 Å². The molecule has 0 aliphatic carbocycles. The first kappa shape index (κ1) is 29.0. The van der Waals surface area contributed by atoms with Gasteiger partial charge in [-0.05, 0) is 55.0 Å². The molecule has 2 amide bonds. The zero-order valence-corrected chi connectivity index (χ0v) is 22.0. The Kier molecular flexibility index (Phi) is 9.05. The Morgan fingerprint density at radius 2 is 1.63 bits per heavy atom. The number of likely N-dealkylation sites (N-methyl/N-ethyl adjacent to an activating group) is 1. The number of carbonyl (C=O) groups excluding carboxylic acids is 2. The fraction of sp³-hybridized carbons (Fsp3) is 0.231. The fourth-order valence-electron chi connectivity index (χ4n) is 3.71. The van der Waals surface area contributed by atoms with Crippen LogP contribution in [-0.4, -0.2) is 44.8 Å². The lowest BCUT2D eigenvalue weighted by Crippen LogP contribution is -2.50. The normalized spacial score (nSPS) is 12.5. The Morgan fingerprint density at radius 1 is 0.974 bits per heavy atom. The van der Waals surface area contributed by atoms with E-state index in [9.17, 15) is 31.2 Å². The molecule has 202 valence electrons. The number of carbonyl (C=O) groups is 2. The van der Waals surface area contributed by atoms with E-state index in [0.29, 0.717) is 21.0 Å². The number of benzene rings is 3. The third kappa shape index (κ3) is 6.84. The van der Waals surface area contributed by atoms with E-state index >= 15 is 0 Å². The van der Waals surface area contributed by atoms with Crippen molar-refractivity contribution in [2.24, 2.45) is 0 Å². The number of hydrogen-bond donors (Lipinski definition) is 1. The molecule has 38 heavy (non-hydrogen) atoms. The van der Waals surface area contributed by atoms with Gasteiger partial charge in [-0.3, -0.25) is 13.9 Å². The monoisotopic (exact) mass is 567 g/mol. The summed E-state index contributed by atoms with van der Waals surface area (Å²) in [6.07, 6.45) is -4.74. The number of nitrogens with zero attached hydrogens (tertiary/aromatic N) is 2. The molecule has 0 saturated heterocycles. The number of nitrogens with one attached hydrogen (secondary N) is 1. The molecule has 0 bridgehead atoms. The Bertz CT molecular complexity index is 1400. The molecule has 0 radical (unpaired) electrons. The van der Waals surface area contributed by atoms with Crippen LogP contribution in [0, 0.1) is 0 Å². The summed E-state index contributed by atoms with van der Waals surface area (Å²) in [6.45, 7) is 0.498. The zero-order valence-electron chi connectivity index (χ0n) is 20.4. The maximum absolute atomic E-state index is 13.6. The van der Waals surface area contributed by atoms with Crippen molar-refractivity contribution in [1.29, 1.82) is 0 Å². The third-order valence-corrected chi connectivity index (χ3v) is 7.75. The third-order valence-electron chi connectivity index (χ3n) is 5.73. The SMILES string of the molecule is CNC(=O)[C@@H](C)N(Cc1cccc(Cl)c1)C(=O)CN(c1cccc(C(F)(F)F)c1)S(=O)(=O)c1ccccc1. The molecule has 3 aromatic carbocycles. The first-order valence-corrected chi connectivity index (χ1v) is 13.2. The Morgan fingerprint density at radius 3 is 2.24 bits per heavy atom. The topological polar surface area (TPSA) is 86.8 Å². The van der Waals surface area contributed by atoms with Crippen LogP contribution < -0.4 is 9.62 Å². The van der Waals surface area contributed by atoms with E-state index in [0.717, 1.165) is 17.0 Å². The second-order valence-corrected chi connectivity index (χ2v) is 10.6. The second-order valence-electron chi connectivity index (χ2n) is 8.31. The fourth-order valence-corrected chi connectivity index (χ4v) is 5.35. The Hall–Kier alpha value is -3.57. The van der Waals surface area contributed by atoms with Crippen molar-refractivity contribution in [3.63, 3.8) is 0 Å². The molecule has 3 aromatic rings. The number of anilines is 1. The first-order chi connectivity index (χ1) is 17.8. The van der Waals surface area contributed by atoms with Gasteiger partial charge in [0.25, 0.3) is 10.0 Å². The van der Waals surface area contributed by atoms with Crippen LogP contribution >= 0.6 is 11.6 Å². The summed E-state index contributed by atoms with van der Waals surface area (Å²) in [4.78, 5) is 27.0. The molecule has 0 heterocycles. The number of alkyl halides is 3. The highest BCUT2D eigenvalue weighted by Gasteiger charge is 2.35. The van der Waals surface area contributed by atoms with Crippen LogP contribution in [0.5, 0.6) is 0 Å². The molecule has 0 aliphatic rings. The highest BCUT2D eigenvalue weighted by atomic mass is 35.5. The maximum atomic E-state index is 13.6. The van der Waals surface area contributed by atoms with E-state index in [1.807, 2.05) is 0 Å². The average Bonchev–Trinajstić information content (AvgIpc) is 2.89. The molecule has 3 rings (SSSR count). The standard InChI is InChI=1S/C26H25ClF3N3O4S/c1-18(25(35)31-2)32(16-19-8-6-10-21(27)14-19)24(34)17-33(38(36,37)23-12-4-3-5-13-23)22-11-7-9-20(15-22)26(28,29)30/h3-15,18H,16-17H2,1-2H3,(H,31,35)/t18-/m1/s1. The minimum Gasteiger partial charge on any atom is -0.357 e. The van der Waals surface area contributed by atoms with Gasteiger partial charge in [0.2, 0.25) is 11.8 Å². The van der Waals surface area contributed by atoms with Crippen LogP contribution in [0.2, 0.25) is 5.02 Å². The van der Waals surface area contributed by atoms with Gasteiger partial charge >= 0.3 is 6.18 Å². The van der Waals surface area contributed by atoms with Crippen LogP contribution in [0.15, 0.2) is 83.8 Å². The van der Waals surface area contributed by atoms with Gasteiger partial charge in [0, 0.05) is 18.6 Å². The van der Waals surface area contributed by atoms with E-state index in [1.54, 1.807) is 30.3 Å². The van der Waals surface area contributed by atoms with Crippen molar-refractivity contribution in [3.8, 4) is 0 Å². The highest BCUT2D eigenvalue weighted by Crippen LogP contribution is 2.33. The van der Waals surface area contributed by atoms with Crippen molar-refractivity contribution in [2.75, 3.05) is 17.9 Å². The molecular weight excluding hydrogens is 543 g/mol. The molecule has 0 saturated carbocycles. The van der Waals surface area contributed by atoms with Gasteiger partial charge < -0.3 is 10.2 Å². The summed E-state index contributed by atoms with van der Waals surface area (Å²) in [5, 5.41) is 2.84. The Balaban J connectivity index is 2.08. The second kappa shape index (κ2) is 11.9. The minimum atomic E-state index is -4.74. The highest BCUT2D eigenvalue weighted by molar-refractivity contribution is 7.92. The van der Waals surface area contributed by atoms with Crippen molar-refractivity contribution >= 4 is 39.1 Å². The zero-order chi connectivity index (χ0) is 28.1. The molecule has 7 nitrogen and oxygen atoms in total. The smallest absolute Gasteiger partial charge is 0.357 e. The molecule has 0 aliphatic heterocycles. The van der Waals surface area contributed by atoms with Crippen molar-refractivity contribution in [3.05, 3.63) is 95.0 Å². The van der Waals surface area contributed by atoms with Gasteiger partial charge in [-0.15, -0.1) is 0 Å². The molecule has 0 fully saturated rings. The summed E-state index contributed by atoms with van der Waals surface area (Å²) >= 11 is 6.06. The number of sulfonamides is 1. The van der Waals surface area contributed by atoms with Gasteiger partial charge in [0.15, 0.2) is 0 Å². The van der Waals surface area contributed by atoms with E-state index < -0.39 is 46.2 Å². The largest absolute Gasteiger partial charge is 0.416 e. The van der Waals surface area contributed by atoms with Crippen LogP contribution in [0.1, 0.15) is 18.1 Å². The van der Waals surface area contributed by atoms with Crippen molar-refractivity contribution in [2.45, 2.75) is 30.6 Å². The minimum absolute atomic E-state index is 0.101. The maximum Gasteiger partial charge on any atom is 0.416 e. The predicted octanol–water partition coefficient (Wildman–Crippen LogP) is 4.72. The molecule has 1 N–H and O–H groups in total. The van der Waals surface area contributed by atoms with Gasteiger partial charge in [-0.1, -0.05) is 48.0 Å². The molecule has 1 atom stereocenters. The first-order valence-electron chi connectivity index (χ1n) is 11.3. The van der Waals surface area contributed by atoms with Crippen LogP contribution in [-0.2, 0) is 32.3 Å². The molecule has 12 heteroatoms. The molecular formula is C26H25ClF3N3O4S. The number of amides is 2. The quantitative estimate of drug-likeness (QED) is 0.405. The summed E-state index contributed by atoms with van der Waals surface area (Å²) in [5.41, 5.74) is -0.865. The van der Waals surface area contributed by atoms with Crippen molar-refractivity contribution in [1.82, 2.24) is 10.2 Å². The van der Waals surface area contributed by atoms with E-state index in [2.05, 4.69) is 5.32 Å². The number of hydrogen-bond acceptors (Lipinski definition) is 4. The Labute approximate surface area is 223 Å². The predicted molar refractivity (Wildman–Crippen MR) is 138 cm³/mol. The summed E-state index contributed by atoms with van der Waals surface area (Å²) in [6, 6.07) is 16.3. The summed E-state index contributed by atoms with van der Waals surface area (Å²) < 4.78 is 68.2. The lowest BCUT2D eigenvalue weighted by molar-refractivity contribution is -0.139. The lowest BCUT2D eigenvalue weighted by Gasteiger charge is -2.32. The summed E-state index contributed by atoms with van der Waals surface area (Å²) in [7, 11) is -3.09. The van der Waals surface area contributed by atoms with E-state index in [-0.39, 0.29) is 17.1 Å². The number of halogens is 4. The lowest BCUT2D eigenvalue weighted by atomic mass is 10.1. The molecule has 0 aromatic heterocycles. The summed E-state index contributed by atoms with van der Waals surface area (Å²) in [5.74, 6) is -1.32. The van der Waals surface area contributed by atoms with E-state index in [4.69, 9.17) is 11.6 Å². The number of rotatable bonds is 9. The molecule has 0 spiro atoms. The van der Waals surface area contributed by atoms with Crippen LogP contribution in [0.4, 0.5) is 18.9 Å². The van der Waals surface area contributed by atoms with Crippen LogP contribution in [0.25, 0.3) is 0 Å². The van der Waals surface area contributed by atoms with Crippen molar-refractivity contribution < 1.29 is 31.2 Å². The van der Waals surface area contributed by atoms with Gasteiger partial charge in [0.05, 0.1) is 16.1 Å². The van der Waals surface area contributed by atoms with Crippen LogP contribution in [0.3, 0.4) is 0 Å². The van der Waals surface area contributed by atoms with E-state index in [1.165, 1.54) is 44.3 Å². The molecule has 0 unspecified atom stereocenters.